The van der Waals surface area contributed by atoms with E-state index in [1.807, 2.05) is 0 Å². The molecule has 0 bridgehead atoms. The van der Waals surface area contributed by atoms with Crippen LogP contribution in [-0.4, -0.2) is 51.1 Å². The highest BCUT2D eigenvalue weighted by Crippen LogP contribution is 2.22. The number of rotatable bonds is 5. The molecule has 1 heterocycles. The number of carbonyl (C=O) groups is 3. The van der Waals surface area contributed by atoms with Crippen molar-refractivity contribution in [2.45, 2.75) is 97.0 Å². The van der Waals surface area contributed by atoms with Crippen LogP contribution in [0.25, 0.3) is 0 Å². The topological polar surface area (TPSA) is 109 Å². The van der Waals surface area contributed by atoms with E-state index in [1.165, 1.54) is 17.1 Å². The first-order chi connectivity index (χ1) is 13.8. The van der Waals surface area contributed by atoms with Gasteiger partial charge in [-0.2, -0.15) is 0 Å². The molecule has 1 saturated carbocycles. The minimum absolute atomic E-state index is 0.0561. The van der Waals surface area contributed by atoms with Crippen LogP contribution >= 0.6 is 0 Å². The fourth-order valence-electron chi connectivity index (χ4n) is 2.99. The Morgan fingerprint density at radius 3 is 2.27 bits per heavy atom. The maximum absolute atomic E-state index is 12.7. The van der Waals surface area contributed by atoms with Crippen molar-refractivity contribution in [2.24, 2.45) is 0 Å². The lowest BCUT2D eigenvalue weighted by atomic mass is 10.1. The first-order valence-electron chi connectivity index (χ1n) is 10.3. The minimum atomic E-state index is -0.984. The summed E-state index contributed by atoms with van der Waals surface area (Å²) in [7, 11) is 0. The van der Waals surface area contributed by atoms with Crippen molar-refractivity contribution in [3.05, 3.63) is 18.2 Å². The zero-order valence-corrected chi connectivity index (χ0v) is 18.7. The molecule has 9 heteroatoms. The van der Waals surface area contributed by atoms with Gasteiger partial charge in [-0.15, -0.1) is 0 Å². The largest absolute Gasteiger partial charge is 0.461 e. The molecule has 2 rings (SSSR count). The molecule has 0 aromatic carbocycles. The predicted molar refractivity (Wildman–Crippen MR) is 109 cm³/mol. The number of nitrogens with zero attached hydrogens (tertiary/aromatic N) is 2. The van der Waals surface area contributed by atoms with Gasteiger partial charge in [-0.1, -0.05) is 0 Å². The fraction of sp³-hybridized carbons (Fsp3) is 0.714. The summed E-state index contributed by atoms with van der Waals surface area (Å²) in [6, 6.07) is -0.984. The van der Waals surface area contributed by atoms with Gasteiger partial charge in [-0.25, -0.2) is 23.9 Å². The summed E-state index contributed by atoms with van der Waals surface area (Å²) in [5, 5.41) is 2.57. The predicted octanol–water partition coefficient (Wildman–Crippen LogP) is 3.59. The van der Waals surface area contributed by atoms with Gasteiger partial charge in [0.2, 0.25) is 0 Å². The molecule has 168 valence electrons. The van der Waals surface area contributed by atoms with Gasteiger partial charge in [0, 0.05) is 12.6 Å². The summed E-state index contributed by atoms with van der Waals surface area (Å²) < 4.78 is 17.3. The molecule has 30 heavy (non-hydrogen) atoms. The Kier molecular flexibility index (Phi) is 7.49. The van der Waals surface area contributed by atoms with E-state index in [9.17, 15) is 14.4 Å². The molecule has 0 aliphatic heterocycles. The molecule has 1 aromatic rings. The van der Waals surface area contributed by atoms with E-state index in [1.54, 1.807) is 41.5 Å². The number of hydrogen-bond acceptors (Lipinski definition) is 7. The van der Waals surface area contributed by atoms with E-state index < -0.39 is 35.4 Å². The lowest BCUT2D eigenvalue weighted by molar-refractivity contribution is -0.151. The maximum atomic E-state index is 12.7. The monoisotopic (exact) mass is 423 g/mol. The third kappa shape index (κ3) is 8.04. The van der Waals surface area contributed by atoms with Crippen LogP contribution in [-0.2, 0) is 25.4 Å². The van der Waals surface area contributed by atoms with Crippen molar-refractivity contribution < 1.29 is 28.6 Å². The molecular formula is C21H33N3O6. The number of nitrogens with one attached hydrogen (secondary N) is 1. The molecule has 1 amide bonds. The second-order valence-corrected chi connectivity index (χ2v) is 9.50. The van der Waals surface area contributed by atoms with Crippen LogP contribution in [0.1, 0.15) is 72.9 Å². The number of hydrogen-bond donors (Lipinski definition) is 1. The number of carbonyl (C=O) groups excluding carboxylic acids is 3. The first kappa shape index (κ1) is 23.7. The third-order valence-corrected chi connectivity index (χ3v) is 4.21. The van der Waals surface area contributed by atoms with Crippen LogP contribution in [0.5, 0.6) is 0 Å². The first-order valence-corrected chi connectivity index (χ1v) is 10.3. The molecule has 1 unspecified atom stereocenters. The summed E-state index contributed by atoms with van der Waals surface area (Å²) in [5.41, 5.74) is -0.916. The van der Waals surface area contributed by atoms with Crippen LogP contribution in [0.4, 0.5) is 9.59 Å². The normalized spacial score (nSPS) is 16.1. The molecule has 1 aliphatic rings. The quantitative estimate of drug-likeness (QED) is 0.569. The Bertz CT molecular complexity index is 754. The Morgan fingerprint density at radius 1 is 1.10 bits per heavy atom. The van der Waals surface area contributed by atoms with E-state index in [-0.39, 0.29) is 12.5 Å². The summed E-state index contributed by atoms with van der Waals surface area (Å²) in [5.74, 6) is -0.542. The number of esters is 1. The van der Waals surface area contributed by atoms with E-state index in [2.05, 4.69) is 10.3 Å². The summed E-state index contributed by atoms with van der Waals surface area (Å²) in [4.78, 5) is 41.3. The summed E-state index contributed by atoms with van der Waals surface area (Å²) in [6.07, 6.45) is 5.08. The second kappa shape index (κ2) is 9.49. The van der Waals surface area contributed by atoms with Gasteiger partial charge in [0.25, 0.3) is 0 Å². The standard InChI is InChI=1S/C21H33N3O6/c1-20(2,3)29-18(26)23-16(17(25)28-15-9-7-8-10-15)11-14-12-24(13-22-14)19(27)30-21(4,5)6/h12-13,15-16H,7-11H2,1-6H3,(H,23,26). The minimum Gasteiger partial charge on any atom is -0.461 e. The van der Waals surface area contributed by atoms with Crippen LogP contribution in [0.15, 0.2) is 12.5 Å². The van der Waals surface area contributed by atoms with Gasteiger partial charge in [0.15, 0.2) is 0 Å². The van der Waals surface area contributed by atoms with Gasteiger partial charge in [0.1, 0.15) is 29.7 Å². The average molecular weight is 424 g/mol. The van der Waals surface area contributed by atoms with E-state index >= 15 is 0 Å². The number of aromatic nitrogens is 2. The highest BCUT2D eigenvalue weighted by atomic mass is 16.6. The number of alkyl carbamates (subject to hydrolysis) is 1. The van der Waals surface area contributed by atoms with Crippen LogP contribution in [0, 0.1) is 0 Å². The van der Waals surface area contributed by atoms with Crippen LogP contribution < -0.4 is 5.32 Å². The summed E-state index contributed by atoms with van der Waals surface area (Å²) >= 11 is 0. The second-order valence-electron chi connectivity index (χ2n) is 9.50. The fourth-order valence-corrected chi connectivity index (χ4v) is 2.99. The Labute approximate surface area is 177 Å². The van der Waals surface area contributed by atoms with Gasteiger partial charge in [-0.3, -0.25) is 0 Å². The zero-order valence-electron chi connectivity index (χ0n) is 18.7. The lowest BCUT2D eigenvalue weighted by Crippen LogP contribution is -2.46. The molecule has 9 nitrogen and oxygen atoms in total. The van der Waals surface area contributed by atoms with Gasteiger partial charge < -0.3 is 19.5 Å². The van der Waals surface area contributed by atoms with Gasteiger partial charge >= 0.3 is 18.2 Å². The van der Waals surface area contributed by atoms with Gasteiger partial charge in [0.05, 0.1) is 5.69 Å². The molecular weight excluding hydrogens is 390 g/mol. The molecule has 1 aliphatic carbocycles. The molecule has 0 radical (unpaired) electrons. The number of amides is 1. The van der Waals surface area contributed by atoms with Crippen molar-refractivity contribution in [3.8, 4) is 0 Å². The molecule has 0 spiro atoms. The molecule has 1 atom stereocenters. The highest BCUT2D eigenvalue weighted by molar-refractivity contribution is 5.82. The lowest BCUT2D eigenvalue weighted by Gasteiger charge is -2.23. The molecule has 0 saturated heterocycles. The Hall–Kier alpha value is -2.58. The maximum Gasteiger partial charge on any atom is 0.419 e. The molecule has 1 aromatic heterocycles. The molecule has 1 N–H and O–H groups in total. The van der Waals surface area contributed by atoms with E-state index in [0.29, 0.717) is 5.69 Å². The third-order valence-electron chi connectivity index (χ3n) is 4.21. The summed E-state index contributed by atoms with van der Waals surface area (Å²) in [6.45, 7) is 10.5. The smallest absolute Gasteiger partial charge is 0.419 e. The Balaban J connectivity index is 2.09. The van der Waals surface area contributed by atoms with Crippen LogP contribution in [0.3, 0.4) is 0 Å². The van der Waals surface area contributed by atoms with E-state index in [4.69, 9.17) is 14.2 Å². The van der Waals surface area contributed by atoms with Crippen molar-refractivity contribution in [2.75, 3.05) is 0 Å². The SMILES string of the molecule is CC(C)(C)OC(=O)NC(Cc1cn(C(=O)OC(C)(C)C)cn1)C(=O)OC1CCCC1. The van der Waals surface area contributed by atoms with Crippen LogP contribution in [0.2, 0.25) is 0 Å². The van der Waals surface area contributed by atoms with Crippen molar-refractivity contribution in [1.29, 1.82) is 0 Å². The van der Waals surface area contributed by atoms with Crippen molar-refractivity contribution in [1.82, 2.24) is 14.9 Å². The van der Waals surface area contributed by atoms with E-state index in [0.717, 1.165) is 25.7 Å². The van der Waals surface area contributed by atoms with Gasteiger partial charge in [-0.05, 0) is 67.2 Å². The Morgan fingerprint density at radius 2 is 1.70 bits per heavy atom. The number of imidazole rings is 1. The number of ether oxygens (including phenoxy) is 3. The average Bonchev–Trinajstić information content (AvgIpc) is 3.22. The van der Waals surface area contributed by atoms with Crippen molar-refractivity contribution in [3.63, 3.8) is 0 Å². The molecule has 1 fully saturated rings. The zero-order chi connectivity index (χ0) is 22.5. The van der Waals surface area contributed by atoms with Crippen molar-refractivity contribution >= 4 is 18.2 Å². The highest BCUT2D eigenvalue weighted by Gasteiger charge is 2.30.